The van der Waals surface area contributed by atoms with Crippen LogP contribution in [0.25, 0.3) is 11.4 Å². The molecule has 0 N–H and O–H groups in total. The number of pyridine rings is 1. The average molecular weight is 268 g/mol. The summed E-state index contributed by atoms with van der Waals surface area (Å²) in [6.07, 6.45) is 5.75. The van der Waals surface area contributed by atoms with Crippen molar-refractivity contribution >= 4 is 5.82 Å². The van der Waals surface area contributed by atoms with Gasteiger partial charge in [0, 0.05) is 42.8 Å². The normalized spacial score (nSPS) is 18.5. The van der Waals surface area contributed by atoms with E-state index in [1.54, 1.807) is 12.4 Å². The quantitative estimate of drug-likeness (QED) is 0.858. The third-order valence-corrected chi connectivity index (χ3v) is 3.81. The summed E-state index contributed by atoms with van der Waals surface area (Å²) < 4.78 is 0. The highest BCUT2D eigenvalue weighted by molar-refractivity contribution is 5.57. The van der Waals surface area contributed by atoms with Gasteiger partial charge in [0.1, 0.15) is 5.82 Å². The van der Waals surface area contributed by atoms with Crippen LogP contribution in [0.5, 0.6) is 0 Å². The Bertz CT molecular complexity index is 582. The fourth-order valence-corrected chi connectivity index (χ4v) is 2.60. The second kappa shape index (κ2) is 5.57. The summed E-state index contributed by atoms with van der Waals surface area (Å²) >= 11 is 0. The molecule has 1 atom stereocenters. The molecule has 20 heavy (non-hydrogen) atoms. The molecule has 1 saturated heterocycles. The number of rotatable bonds is 3. The van der Waals surface area contributed by atoms with E-state index in [1.165, 1.54) is 6.42 Å². The molecule has 1 aliphatic rings. The van der Waals surface area contributed by atoms with Gasteiger partial charge in [-0.2, -0.15) is 0 Å². The summed E-state index contributed by atoms with van der Waals surface area (Å²) in [5, 5.41) is 0. The lowest BCUT2D eigenvalue weighted by Crippen LogP contribution is -2.21. The Hall–Kier alpha value is -1.97. The van der Waals surface area contributed by atoms with E-state index < -0.39 is 0 Å². The first-order chi connectivity index (χ1) is 9.76. The van der Waals surface area contributed by atoms with Crippen LogP contribution in [0.4, 0.5) is 5.82 Å². The fourth-order valence-electron chi connectivity index (χ4n) is 2.60. The summed E-state index contributed by atoms with van der Waals surface area (Å²) in [4.78, 5) is 15.8. The number of aromatic nitrogens is 3. The summed E-state index contributed by atoms with van der Waals surface area (Å²) in [6.45, 7) is 6.62. The van der Waals surface area contributed by atoms with E-state index in [2.05, 4.69) is 34.8 Å². The smallest absolute Gasteiger partial charge is 0.161 e. The Kier molecular flexibility index (Phi) is 3.63. The van der Waals surface area contributed by atoms with Crippen LogP contribution in [0.1, 0.15) is 26.0 Å². The van der Waals surface area contributed by atoms with Crippen LogP contribution < -0.4 is 4.90 Å². The first kappa shape index (κ1) is 13.0. The molecule has 2 aromatic heterocycles. The van der Waals surface area contributed by atoms with Crippen molar-refractivity contribution in [1.29, 1.82) is 0 Å². The minimum atomic E-state index is 0.749. The summed E-state index contributed by atoms with van der Waals surface area (Å²) in [6, 6.07) is 6.05. The number of aryl methyl sites for hydroxylation is 1. The van der Waals surface area contributed by atoms with Crippen LogP contribution >= 0.6 is 0 Å². The van der Waals surface area contributed by atoms with Gasteiger partial charge in [0.2, 0.25) is 0 Å². The lowest BCUT2D eigenvalue weighted by atomic mass is 10.2. The molecule has 0 bridgehead atoms. The van der Waals surface area contributed by atoms with Crippen LogP contribution in [-0.4, -0.2) is 28.0 Å². The highest BCUT2D eigenvalue weighted by Gasteiger charge is 2.21. The number of nitrogens with zero attached hydrogens (tertiary/aromatic N) is 4. The first-order valence-corrected chi connectivity index (χ1v) is 7.29. The minimum Gasteiger partial charge on any atom is -0.356 e. The van der Waals surface area contributed by atoms with Gasteiger partial charge < -0.3 is 4.90 Å². The Balaban J connectivity index is 1.99. The maximum atomic E-state index is 4.76. The van der Waals surface area contributed by atoms with Gasteiger partial charge in [-0.15, -0.1) is 0 Å². The third kappa shape index (κ3) is 2.64. The predicted molar refractivity (Wildman–Crippen MR) is 80.6 cm³/mol. The van der Waals surface area contributed by atoms with Crippen molar-refractivity contribution in [2.24, 2.45) is 5.92 Å². The molecule has 0 aliphatic carbocycles. The van der Waals surface area contributed by atoms with Crippen molar-refractivity contribution in [3.05, 3.63) is 36.3 Å². The molecule has 1 fully saturated rings. The van der Waals surface area contributed by atoms with E-state index in [9.17, 15) is 0 Å². The van der Waals surface area contributed by atoms with Gasteiger partial charge in [0.05, 0.1) is 0 Å². The second-order valence-electron chi connectivity index (χ2n) is 5.47. The van der Waals surface area contributed by atoms with Crippen LogP contribution in [0.2, 0.25) is 0 Å². The van der Waals surface area contributed by atoms with Crippen LogP contribution in [0.3, 0.4) is 0 Å². The molecule has 0 aromatic carbocycles. The van der Waals surface area contributed by atoms with Gasteiger partial charge in [0.25, 0.3) is 0 Å². The minimum absolute atomic E-state index is 0.749. The molecule has 0 radical (unpaired) electrons. The highest BCUT2D eigenvalue weighted by Crippen LogP contribution is 2.25. The van der Waals surface area contributed by atoms with Gasteiger partial charge in [-0.1, -0.05) is 13.8 Å². The number of hydrogen-bond acceptors (Lipinski definition) is 4. The van der Waals surface area contributed by atoms with Gasteiger partial charge in [-0.3, -0.25) is 4.98 Å². The van der Waals surface area contributed by atoms with Crippen molar-refractivity contribution < 1.29 is 0 Å². The largest absolute Gasteiger partial charge is 0.356 e. The van der Waals surface area contributed by atoms with Gasteiger partial charge in [-0.05, 0) is 30.9 Å². The van der Waals surface area contributed by atoms with E-state index in [0.717, 1.165) is 48.3 Å². The highest BCUT2D eigenvalue weighted by atomic mass is 15.2. The van der Waals surface area contributed by atoms with Crippen molar-refractivity contribution in [2.45, 2.75) is 26.7 Å². The third-order valence-electron chi connectivity index (χ3n) is 3.81. The van der Waals surface area contributed by atoms with E-state index >= 15 is 0 Å². The predicted octanol–water partition coefficient (Wildman–Crippen LogP) is 2.95. The van der Waals surface area contributed by atoms with Crippen LogP contribution in [0, 0.1) is 5.92 Å². The SMILES string of the molecule is CCc1cc(N2CCC(C)C2)nc(-c2ccncc2)n1. The van der Waals surface area contributed by atoms with Crippen molar-refractivity contribution in [3.63, 3.8) is 0 Å². The Labute approximate surface area is 119 Å². The summed E-state index contributed by atoms with van der Waals surface area (Å²) in [5.41, 5.74) is 2.13. The molecular formula is C16H20N4. The molecule has 2 aromatic rings. The molecule has 3 heterocycles. The van der Waals surface area contributed by atoms with Crippen molar-refractivity contribution in [3.8, 4) is 11.4 Å². The van der Waals surface area contributed by atoms with Crippen LogP contribution in [-0.2, 0) is 6.42 Å². The van der Waals surface area contributed by atoms with Crippen molar-refractivity contribution in [2.75, 3.05) is 18.0 Å². The fraction of sp³-hybridized carbons (Fsp3) is 0.438. The van der Waals surface area contributed by atoms with Gasteiger partial charge >= 0.3 is 0 Å². The molecular weight excluding hydrogens is 248 g/mol. The Morgan fingerprint density at radius 1 is 1.25 bits per heavy atom. The maximum Gasteiger partial charge on any atom is 0.161 e. The van der Waals surface area contributed by atoms with E-state index in [-0.39, 0.29) is 0 Å². The second-order valence-corrected chi connectivity index (χ2v) is 5.47. The maximum absolute atomic E-state index is 4.76. The molecule has 1 aliphatic heterocycles. The summed E-state index contributed by atoms with van der Waals surface area (Å²) in [7, 11) is 0. The lowest BCUT2D eigenvalue weighted by molar-refractivity contribution is 0.658. The topological polar surface area (TPSA) is 41.9 Å². The lowest BCUT2D eigenvalue weighted by Gasteiger charge is -2.18. The summed E-state index contributed by atoms with van der Waals surface area (Å²) in [5.74, 6) is 2.62. The zero-order valence-corrected chi connectivity index (χ0v) is 12.1. The monoisotopic (exact) mass is 268 g/mol. The standard InChI is InChI=1S/C16H20N4/c1-3-14-10-15(20-9-6-12(2)11-20)19-16(18-14)13-4-7-17-8-5-13/h4-5,7-8,10,12H,3,6,9,11H2,1-2H3. The molecule has 0 spiro atoms. The Morgan fingerprint density at radius 3 is 2.70 bits per heavy atom. The molecule has 4 nitrogen and oxygen atoms in total. The molecule has 4 heteroatoms. The Morgan fingerprint density at radius 2 is 2.05 bits per heavy atom. The average Bonchev–Trinajstić information content (AvgIpc) is 2.94. The molecule has 104 valence electrons. The number of hydrogen-bond donors (Lipinski definition) is 0. The molecule has 0 amide bonds. The van der Waals surface area contributed by atoms with Crippen LogP contribution in [0.15, 0.2) is 30.6 Å². The molecule has 3 rings (SSSR count). The van der Waals surface area contributed by atoms with Crippen molar-refractivity contribution in [1.82, 2.24) is 15.0 Å². The molecule has 0 saturated carbocycles. The number of anilines is 1. The zero-order chi connectivity index (χ0) is 13.9. The van der Waals surface area contributed by atoms with E-state index in [4.69, 9.17) is 4.98 Å². The van der Waals surface area contributed by atoms with Gasteiger partial charge in [-0.25, -0.2) is 9.97 Å². The first-order valence-electron chi connectivity index (χ1n) is 7.29. The van der Waals surface area contributed by atoms with Gasteiger partial charge in [0.15, 0.2) is 5.82 Å². The zero-order valence-electron chi connectivity index (χ0n) is 12.1. The molecule has 1 unspecified atom stereocenters. The van der Waals surface area contributed by atoms with E-state index in [0.29, 0.717) is 0 Å². The van der Waals surface area contributed by atoms with E-state index in [1.807, 2.05) is 12.1 Å².